The molecule has 132 valence electrons. The van der Waals surface area contributed by atoms with Gasteiger partial charge in [0.25, 0.3) is 0 Å². The number of anilines is 2. The van der Waals surface area contributed by atoms with Crippen LogP contribution in [-0.4, -0.2) is 25.2 Å². The maximum absolute atomic E-state index is 12.1. The highest BCUT2D eigenvalue weighted by atomic mass is 16.5. The zero-order valence-corrected chi connectivity index (χ0v) is 14.6. The van der Waals surface area contributed by atoms with E-state index in [-0.39, 0.29) is 18.6 Å². The minimum atomic E-state index is -0.131. The number of carbonyl (C=O) groups excluding carboxylic acids is 1. The Morgan fingerprint density at radius 2 is 1.88 bits per heavy atom. The molecule has 0 aliphatic carbocycles. The van der Waals surface area contributed by atoms with Crippen molar-refractivity contribution in [2.45, 2.75) is 20.0 Å². The van der Waals surface area contributed by atoms with Crippen molar-refractivity contribution in [1.29, 1.82) is 0 Å². The lowest BCUT2D eigenvalue weighted by atomic mass is 10.3. The van der Waals surface area contributed by atoms with Crippen molar-refractivity contribution in [3.05, 3.63) is 61.2 Å². The van der Waals surface area contributed by atoms with E-state index in [1.807, 2.05) is 62.4 Å². The topological polar surface area (TPSA) is 59.6 Å². The average Bonchev–Trinajstić information content (AvgIpc) is 2.59. The second-order valence-electron chi connectivity index (χ2n) is 5.72. The van der Waals surface area contributed by atoms with E-state index in [2.05, 4.69) is 17.2 Å². The molecule has 2 rings (SSSR count). The number of nitrogens with one attached hydrogen (secondary N) is 2. The van der Waals surface area contributed by atoms with Crippen LogP contribution < -0.4 is 20.1 Å². The first-order valence-corrected chi connectivity index (χ1v) is 8.21. The van der Waals surface area contributed by atoms with Gasteiger partial charge in [0.2, 0.25) is 5.91 Å². The minimum Gasteiger partial charge on any atom is -0.491 e. The number of amides is 1. The quantitative estimate of drug-likeness (QED) is 0.675. The van der Waals surface area contributed by atoms with Gasteiger partial charge >= 0.3 is 0 Å². The summed E-state index contributed by atoms with van der Waals surface area (Å²) in [5.74, 6) is 1.36. The molecule has 0 saturated carbocycles. The lowest BCUT2D eigenvalue weighted by Crippen LogP contribution is -2.21. The van der Waals surface area contributed by atoms with Crippen LogP contribution in [-0.2, 0) is 4.79 Å². The monoisotopic (exact) mass is 340 g/mol. The van der Waals surface area contributed by atoms with Crippen molar-refractivity contribution in [3.8, 4) is 11.5 Å². The SMILES string of the molecule is C=CCOc1ccc(NCC(=O)Nc2cccc(OC(C)C)c2)cc1. The highest BCUT2D eigenvalue weighted by Crippen LogP contribution is 2.19. The number of hydrogen-bond donors (Lipinski definition) is 2. The molecule has 2 aromatic carbocycles. The summed E-state index contributed by atoms with van der Waals surface area (Å²) in [5.41, 5.74) is 1.55. The van der Waals surface area contributed by atoms with Crippen LogP contribution in [0.4, 0.5) is 11.4 Å². The predicted octanol–water partition coefficient (Wildman–Crippen LogP) is 4.09. The van der Waals surface area contributed by atoms with Crippen LogP contribution in [0.15, 0.2) is 61.2 Å². The molecule has 0 fully saturated rings. The fraction of sp³-hybridized carbons (Fsp3) is 0.250. The van der Waals surface area contributed by atoms with Gasteiger partial charge in [-0.15, -0.1) is 0 Å². The lowest BCUT2D eigenvalue weighted by molar-refractivity contribution is -0.114. The minimum absolute atomic E-state index is 0.0889. The Labute approximate surface area is 148 Å². The van der Waals surface area contributed by atoms with Crippen molar-refractivity contribution in [3.63, 3.8) is 0 Å². The maximum Gasteiger partial charge on any atom is 0.243 e. The molecule has 0 heterocycles. The van der Waals surface area contributed by atoms with Crippen LogP contribution >= 0.6 is 0 Å². The smallest absolute Gasteiger partial charge is 0.243 e. The van der Waals surface area contributed by atoms with Gasteiger partial charge in [0.1, 0.15) is 18.1 Å². The standard InChI is InChI=1S/C20H24N2O3/c1-4-12-24-18-10-8-16(9-11-18)21-14-20(23)22-17-6-5-7-19(13-17)25-15(2)3/h4-11,13,15,21H,1,12,14H2,2-3H3,(H,22,23). The summed E-state index contributed by atoms with van der Waals surface area (Å²) in [5, 5.41) is 5.92. The number of hydrogen-bond acceptors (Lipinski definition) is 4. The van der Waals surface area contributed by atoms with Crippen molar-refractivity contribution < 1.29 is 14.3 Å². The van der Waals surface area contributed by atoms with Crippen LogP contribution in [0, 0.1) is 0 Å². The summed E-state index contributed by atoms with van der Waals surface area (Å²) in [4.78, 5) is 12.1. The van der Waals surface area contributed by atoms with Crippen LogP contribution in [0.25, 0.3) is 0 Å². The van der Waals surface area contributed by atoms with Crippen LogP contribution in [0.1, 0.15) is 13.8 Å². The van der Waals surface area contributed by atoms with Crippen molar-refractivity contribution >= 4 is 17.3 Å². The molecule has 0 aliphatic heterocycles. The molecule has 0 spiro atoms. The Bertz CT molecular complexity index is 696. The fourth-order valence-electron chi connectivity index (χ4n) is 2.13. The van der Waals surface area contributed by atoms with Gasteiger partial charge in [0, 0.05) is 17.4 Å². The normalized spacial score (nSPS) is 10.2. The van der Waals surface area contributed by atoms with E-state index in [0.717, 1.165) is 17.2 Å². The van der Waals surface area contributed by atoms with Crippen molar-refractivity contribution in [2.24, 2.45) is 0 Å². The zero-order valence-electron chi connectivity index (χ0n) is 14.6. The molecule has 0 aliphatic rings. The summed E-state index contributed by atoms with van der Waals surface area (Å²) in [6, 6.07) is 14.8. The van der Waals surface area contributed by atoms with E-state index in [9.17, 15) is 4.79 Å². The molecule has 0 unspecified atom stereocenters. The lowest BCUT2D eigenvalue weighted by Gasteiger charge is -2.12. The molecule has 0 bridgehead atoms. The molecule has 5 heteroatoms. The summed E-state index contributed by atoms with van der Waals surface area (Å²) in [6.45, 7) is 8.16. The molecule has 0 aromatic heterocycles. The van der Waals surface area contributed by atoms with E-state index < -0.39 is 0 Å². The third kappa shape index (κ3) is 6.59. The maximum atomic E-state index is 12.1. The molecule has 0 atom stereocenters. The van der Waals surface area contributed by atoms with Gasteiger partial charge in [-0.2, -0.15) is 0 Å². The molecule has 2 N–H and O–H groups in total. The van der Waals surface area contributed by atoms with E-state index >= 15 is 0 Å². The van der Waals surface area contributed by atoms with E-state index in [1.165, 1.54) is 0 Å². The summed E-state index contributed by atoms with van der Waals surface area (Å²) >= 11 is 0. The predicted molar refractivity (Wildman–Crippen MR) is 101 cm³/mol. The first-order chi connectivity index (χ1) is 12.1. The van der Waals surface area contributed by atoms with Crippen molar-refractivity contribution in [1.82, 2.24) is 0 Å². The Morgan fingerprint density at radius 3 is 2.56 bits per heavy atom. The van der Waals surface area contributed by atoms with Gasteiger partial charge in [0.05, 0.1) is 12.6 Å². The Morgan fingerprint density at radius 1 is 1.12 bits per heavy atom. The Hall–Kier alpha value is -2.95. The van der Waals surface area contributed by atoms with E-state index in [4.69, 9.17) is 9.47 Å². The molecule has 25 heavy (non-hydrogen) atoms. The van der Waals surface area contributed by atoms with Gasteiger partial charge < -0.3 is 20.1 Å². The molecule has 2 aromatic rings. The number of benzene rings is 2. The fourth-order valence-corrected chi connectivity index (χ4v) is 2.13. The summed E-state index contributed by atoms with van der Waals surface area (Å²) in [7, 11) is 0. The van der Waals surface area contributed by atoms with Crippen LogP contribution in [0.3, 0.4) is 0 Å². The second kappa shape index (κ2) is 9.37. The molecule has 0 radical (unpaired) electrons. The molecular weight excluding hydrogens is 316 g/mol. The molecule has 1 amide bonds. The third-order valence-corrected chi connectivity index (χ3v) is 3.16. The molecule has 0 saturated heterocycles. The van der Waals surface area contributed by atoms with Crippen LogP contribution in [0.5, 0.6) is 11.5 Å². The highest BCUT2D eigenvalue weighted by Gasteiger charge is 2.05. The van der Waals surface area contributed by atoms with Crippen molar-refractivity contribution in [2.75, 3.05) is 23.8 Å². The highest BCUT2D eigenvalue weighted by molar-refractivity contribution is 5.93. The van der Waals surface area contributed by atoms with Gasteiger partial charge in [-0.05, 0) is 50.2 Å². The first-order valence-electron chi connectivity index (χ1n) is 8.21. The largest absolute Gasteiger partial charge is 0.491 e. The average molecular weight is 340 g/mol. The van der Waals surface area contributed by atoms with Gasteiger partial charge in [0.15, 0.2) is 0 Å². The summed E-state index contributed by atoms with van der Waals surface area (Å²) < 4.78 is 11.0. The second-order valence-corrected chi connectivity index (χ2v) is 5.72. The van der Waals surface area contributed by atoms with E-state index in [0.29, 0.717) is 12.3 Å². The first kappa shape index (κ1) is 18.4. The Balaban J connectivity index is 1.83. The number of rotatable bonds is 9. The van der Waals surface area contributed by atoms with Crippen LogP contribution in [0.2, 0.25) is 0 Å². The molecular formula is C20H24N2O3. The summed E-state index contributed by atoms with van der Waals surface area (Å²) in [6.07, 6.45) is 1.78. The zero-order chi connectivity index (χ0) is 18.1. The third-order valence-electron chi connectivity index (χ3n) is 3.16. The van der Waals surface area contributed by atoms with E-state index in [1.54, 1.807) is 6.08 Å². The molecule has 5 nitrogen and oxygen atoms in total. The van der Waals surface area contributed by atoms with Gasteiger partial charge in [-0.1, -0.05) is 18.7 Å². The number of carbonyl (C=O) groups is 1. The Kier molecular flexibility index (Phi) is 6.89. The van der Waals surface area contributed by atoms with Gasteiger partial charge in [-0.25, -0.2) is 0 Å². The van der Waals surface area contributed by atoms with Gasteiger partial charge in [-0.3, -0.25) is 4.79 Å². The number of ether oxygens (including phenoxy) is 2.